The van der Waals surface area contributed by atoms with E-state index in [-0.39, 0.29) is 30.5 Å². The first kappa shape index (κ1) is 37.4. The van der Waals surface area contributed by atoms with Gasteiger partial charge in [0.25, 0.3) is 0 Å². The molecule has 0 aliphatic heterocycles. The van der Waals surface area contributed by atoms with E-state index < -0.39 is 5.60 Å². The van der Waals surface area contributed by atoms with Crippen LogP contribution in [0.5, 0.6) is 0 Å². The van der Waals surface area contributed by atoms with Gasteiger partial charge in [-0.15, -0.1) is 0 Å². The standard InChI is InChI=1S/C7H19N3O.4C3H8O/c1-7(2,11)6(5-9)10-4-3-8;4*1-3(2)4/h6,10-11H,3-5,8-9H2,1-2H3;4*3-4H,1-2H3. The molecule has 0 heterocycles. The minimum Gasteiger partial charge on any atom is -0.394 e. The lowest BCUT2D eigenvalue weighted by Crippen LogP contribution is -2.52. The van der Waals surface area contributed by atoms with Gasteiger partial charge < -0.3 is 42.3 Å². The number of aliphatic hydroxyl groups excluding tert-OH is 4. The first-order chi connectivity index (χ1) is 11.9. The van der Waals surface area contributed by atoms with E-state index in [1.165, 1.54) is 0 Å². The summed E-state index contributed by atoms with van der Waals surface area (Å²) in [5, 5.41) is 44.8. The van der Waals surface area contributed by atoms with Crippen molar-refractivity contribution < 1.29 is 25.5 Å². The summed E-state index contributed by atoms with van der Waals surface area (Å²) in [6, 6.07) is -0.0777. The minimum absolute atomic E-state index is 0.0777. The zero-order valence-electron chi connectivity index (χ0n) is 19.4. The summed E-state index contributed by atoms with van der Waals surface area (Å²) in [6.07, 6.45) is -0.667. The van der Waals surface area contributed by atoms with Crippen LogP contribution < -0.4 is 16.8 Å². The Morgan fingerprint density at radius 3 is 1.04 bits per heavy atom. The van der Waals surface area contributed by atoms with Crippen molar-refractivity contribution in [3.05, 3.63) is 0 Å². The Hall–Kier alpha value is -0.320. The van der Waals surface area contributed by atoms with E-state index in [4.69, 9.17) is 31.9 Å². The predicted molar refractivity (Wildman–Crippen MR) is 116 cm³/mol. The molecule has 27 heavy (non-hydrogen) atoms. The summed E-state index contributed by atoms with van der Waals surface area (Å²) in [5.74, 6) is 0. The molecule has 0 aliphatic carbocycles. The summed E-state index contributed by atoms with van der Waals surface area (Å²) in [5.41, 5.74) is 9.95. The fourth-order valence-corrected chi connectivity index (χ4v) is 0.879. The number of aliphatic hydroxyl groups is 5. The van der Waals surface area contributed by atoms with Crippen LogP contribution in [-0.2, 0) is 0 Å². The Morgan fingerprint density at radius 2 is 0.926 bits per heavy atom. The van der Waals surface area contributed by atoms with Gasteiger partial charge in [-0.3, -0.25) is 0 Å². The summed E-state index contributed by atoms with van der Waals surface area (Å²) < 4.78 is 0. The third-order valence-corrected chi connectivity index (χ3v) is 1.62. The van der Waals surface area contributed by atoms with Gasteiger partial charge >= 0.3 is 0 Å². The highest BCUT2D eigenvalue weighted by atomic mass is 16.3. The summed E-state index contributed by atoms with van der Waals surface area (Å²) in [4.78, 5) is 0. The van der Waals surface area contributed by atoms with Crippen LogP contribution in [0.4, 0.5) is 0 Å². The maximum absolute atomic E-state index is 9.52. The van der Waals surface area contributed by atoms with Crippen molar-refractivity contribution in [2.45, 2.75) is 105 Å². The van der Waals surface area contributed by atoms with Crippen molar-refractivity contribution in [2.24, 2.45) is 11.5 Å². The second-order valence-electron chi connectivity index (χ2n) is 7.56. The third-order valence-electron chi connectivity index (χ3n) is 1.62. The van der Waals surface area contributed by atoms with Gasteiger partial charge in [0.15, 0.2) is 0 Å². The van der Waals surface area contributed by atoms with Gasteiger partial charge in [-0.2, -0.15) is 0 Å². The van der Waals surface area contributed by atoms with E-state index in [1.807, 2.05) is 0 Å². The number of nitrogens with one attached hydrogen (secondary N) is 1. The smallest absolute Gasteiger partial charge is 0.0756 e. The molecule has 0 aromatic carbocycles. The Labute approximate surface area is 168 Å². The van der Waals surface area contributed by atoms with Crippen LogP contribution in [0, 0.1) is 0 Å². The molecule has 0 amide bonds. The zero-order chi connectivity index (χ0) is 23.2. The Bertz CT molecular complexity index is 211. The lowest BCUT2D eigenvalue weighted by atomic mass is 9.99. The highest BCUT2D eigenvalue weighted by Crippen LogP contribution is 2.06. The zero-order valence-corrected chi connectivity index (χ0v) is 19.4. The van der Waals surface area contributed by atoms with Crippen LogP contribution in [0.25, 0.3) is 0 Å². The molecule has 0 saturated carbocycles. The van der Waals surface area contributed by atoms with E-state index in [2.05, 4.69) is 5.32 Å². The number of rotatable bonds is 5. The van der Waals surface area contributed by atoms with E-state index in [0.29, 0.717) is 19.6 Å². The predicted octanol–water partition coefficient (Wildman–Crippen LogP) is 0.181. The molecule has 0 rings (SSSR count). The molecule has 0 fully saturated rings. The minimum atomic E-state index is -0.774. The van der Waals surface area contributed by atoms with Crippen molar-refractivity contribution in [3.8, 4) is 0 Å². The van der Waals surface area contributed by atoms with E-state index in [1.54, 1.807) is 69.2 Å². The van der Waals surface area contributed by atoms with Crippen molar-refractivity contribution in [3.63, 3.8) is 0 Å². The second-order valence-corrected chi connectivity index (χ2v) is 7.56. The maximum Gasteiger partial charge on any atom is 0.0756 e. The van der Waals surface area contributed by atoms with E-state index in [9.17, 15) is 5.11 Å². The van der Waals surface area contributed by atoms with Crippen LogP contribution >= 0.6 is 0 Å². The van der Waals surface area contributed by atoms with Crippen LogP contribution in [0.2, 0.25) is 0 Å². The second kappa shape index (κ2) is 25.7. The molecule has 0 radical (unpaired) electrons. The lowest BCUT2D eigenvalue weighted by molar-refractivity contribution is 0.0413. The van der Waals surface area contributed by atoms with Gasteiger partial charge in [-0.25, -0.2) is 0 Å². The molecule has 0 bridgehead atoms. The highest BCUT2D eigenvalue weighted by Gasteiger charge is 2.24. The molecule has 1 atom stereocenters. The Balaban J connectivity index is -0.0000000841. The molecule has 0 aliphatic rings. The largest absolute Gasteiger partial charge is 0.394 e. The van der Waals surface area contributed by atoms with E-state index in [0.717, 1.165) is 0 Å². The summed E-state index contributed by atoms with van der Waals surface area (Å²) in [6.45, 7) is 18.9. The van der Waals surface area contributed by atoms with Gasteiger partial charge in [-0.1, -0.05) is 0 Å². The molecule has 10 N–H and O–H groups in total. The average Bonchev–Trinajstić information content (AvgIpc) is 2.35. The third kappa shape index (κ3) is 106. The number of nitrogens with two attached hydrogens (primary N) is 2. The highest BCUT2D eigenvalue weighted by molar-refractivity contribution is 4.84. The first-order valence-corrected chi connectivity index (χ1v) is 9.53. The summed E-state index contributed by atoms with van der Waals surface area (Å²) in [7, 11) is 0. The van der Waals surface area contributed by atoms with Crippen LogP contribution in [0.3, 0.4) is 0 Å². The van der Waals surface area contributed by atoms with E-state index >= 15 is 0 Å². The maximum atomic E-state index is 9.52. The Morgan fingerprint density at radius 1 is 0.704 bits per heavy atom. The molecule has 0 aromatic rings. The molecule has 8 nitrogen and oxygen atoms in total. The van der Waals surface area contributed by atoms with Gasteiger partial charge in [-0.05, 0) is 69.2 Å². The molecule has 8 heteroatoms. The van der Waals surface area contributed by atoms with Gasteiger partial charge in [0.05, 0.1) is 5.60 Å². The topological polar surface area (TPSA) is 165 Å². The van der Waals surface area contributed by atoms with Crippen LogP contribution in [-0.4, -0.2) is 81.2 Å². The molecular formula is C19H51N3O5. The Kier molecular flexibility index (Phi) is 35.6. The van der Waals surface area contributed by atoms with Crippen molar-refractivity contribution >= 4 is 0 Å². The van der Waals surface area contributed by atoms with Gasteiger partial charge in [0, 0.05) is 50.1 Å². The van der Waals surface area contributed by atoms with Gasteiger partial charge in [0.2, 0.25) is 0 Å². The molecule has 1 unspecified atom stereocenters. The first-order valence-electron chi connectivity index (χ1n) is 9.53. The number of hydrogen-bond donors (Lipinski definition) is 8. The molecule has 0 spiro atoms. The SMILES string of the molecule is CC(C)(O)C(CN)NCCN.CC(C)O.CC(C)O.CC(C)O.CC(C)O. The monoisotopic (exact) mass is 401 g/mol. The normalized spacial score (nSPS) is 11.4. The molecule has 0 saturated heterocycles. The van der Waals surface area contributed by atoms with Crippen LogP contribution in [0.1, 0.15) is 69.2 Å². The van der Waals surface area contributed by atoms with Gasteiger partial charge in [0.1, 0.15) is 0 Å². The van der Waals surface area contributed by atoms with Crippen molar-refractivity contribution in [1.29, 1.82) is 0 Å². The quantitative estimate of drug-likeness (QED) is 0.323. The number of hydrogen-bond acceptors (Lipinski definition) is 8. The fourth-order valence-electron chi connectivity index (χ4n) is 0.879. The fraction of sp³-hybridized carbons (Fsp3) is 1.00. The van der Waals surface area contributed by atoms with Crippen molar-refractivity contribution in [1.82, 2.24) is 5.32 Å². The molecule has 172 valence electrons. The lowest BCUT2D eigenvalue weighted by Gasteiger charge is -2.28. The molecular weight excluding hydrogens is 350 g/mol. The van der Waals surface area contributed by atoms with Crippen molar-refractivity contribution in [2.75, 3.05) is 19.6 Å². The molecule has 0 aromatic heterocycles. The average molecular weight is 402 g/mol. The van der Waals surface area contributed by atoms with Crippen LogP contribution in [0.15, 0.2) is 0 Å². The summed E-state index contributed by atoms with van der Waals surface area (Å²) >= 11 is 0.